The third-order valence-electron chi connectivity index (χ3n) is 6.56. The van der Waals surface area contributed by atoms with Crippen LogP contribution in [0.1, 0.15) is 47.1 Å². The number of anilines is 2. The summed E-state index contributed by atoms with van der Waals surface area (Å²) >= 11 is 0. The molecule has 0 radical (unpaired) electrons. The van der Waals surface area contributed by atoms with Crippen LogP contribution in [0.4, 0.5) is 24.5 Å². The molecule has 0 atom stereocenters. The second-order valence-corrected chi connectivity index (χ2v) is 15.0. The van der Waals surface area contributed by atoms with Crippen LogP contribution in [0.15, 0.2) is 60.0 Å². The van der Waals surface area contributed by atoms with Crippen molar-refractivity contribution in [3.63, 3.8) is 0 Å². The Balaban J connectivity index is 2.24. The first-order chi connectivity index (χ1) is 14.9. The third kappa shape index (κ3) is 4.22. The summed E-state index contributed by atoms with van der Waals surface area (Å²) in [5, 5.41) is 0. The van der Waals surface area contributed by atoms with Crippen molar-refractivity contribution in [2.75, 3.05) is 4.90 Å². The van der Waals surface area contributed by atoms with Gasteiger partial charge in [-0.2, -0.15) is 13.2 Å². The number of carbonyl (C=O) groups excluding carboxylic acids is 1. The molecule has 0 aromatic heterocycles. The first-order valence-electron chi connectivity index (χ1n) is 10.9. The fraction of sp³-hybridized carbons (Fsp3) is 0.400. The fourth-order valence-electron chi connectivity index (χ4n) is 4.99. The second kappa shape index (κ2) is 8.77. The lowest BCUT2D eigenvalue weighted by atomic mass is 10.1. The summed E-state index contributed by atoms with van der Waals surface area (Å²) in [7, 11) is -2.16. The lowest BCUT2D eigenvalue weighted by Crippen LogP contribution is -2.45. The van der Waals surface area contributed by atoms with Crippen LogP contribution in [0.3, 0.4) is 0 Å². The van der Waals surface area contributed by atoms with E-state index in [2.05, 4.69) is 41.5 Å². The zero-order valence-electron chi connectivity index (χ0n) is 19.3. The molecule has 1 heterocycles. The van der Waals surface area contributed by atoms with Crippen molar-refractivity contribution in [2.24, 2.45) is 0 Å². The summed E-state index contributed by atoms with van der Waals surface area (Å²) < 4.78 is 46.2. The number of hydrogen-bond donors (Lipinski definition) is 0. The number of halogens is 3. The molecule has 0 saturated heterocycles. The molecule has 0 aliphatic carbocycles. The van der Waals surface area contributed by atoms with Gasteiger partial charge in [0.1, 0.15) is 0 Å². The number of alkyl halides is 3. The Morgan fingerprint density at radius 3 is 1.97 bits per heavy atom. The molecule has 0 bridgehead atoms. The Kier molecular flexibility index (Phi) is 6.61. The molecule has 1 aliphatic rings. The van der Waals surface area contributed by atoms with Crippen molar-refractivity contribution >= 4 is 25.4 Å². The van der Waals surface area contributed by atoms with E-state index in [0.717, 1.165) is 12.1 Å². The quantitative estimate of drug-likeness (QED) is 0.335. The minimum atomic E-state index is -4.52. The van der Waals surface area contributed by atoms with E-state index in [4.69, 9.17) is 4.74 Å². The summed E-state index contributed by atoms with van der Waals surface area (Å²) in [4.78, 5) is 15.0. The highest BCUT2D eigenvalue weighted by Gasteiger charge is 2.44. The lowest BCUT2D eigenvalue weighted by Gasteiger charge is -2.41. The predicted molar refractivity (Wildman–Crippen MR) is 125 cm³/mol. The smallest absolute Gasteiger partial charge is 0.416 e. The van der Waals surface area contributed by atoms with Gasteiger partial charge in [-0.05, 0) is 52.7 Å². The van der Waals surface area contributed by atoms with Gasteiger partial charge in [-0.1, -0.05) is 59.7 Å². The van der Waals surface area contributed by atoms with E-state index < -0.39 is 25.7 Å². The van der Waals surface area contributed by atoms with Crippen LogP contribution in [-0.2, 0) is 11.0 Å². The molecule has 0 N–H and O–H groups in total. The Morgan fingerprint density at radius 2 is 1.47 bits per heavy atom. The van der Waals surface area contributed by atoms with Crippen molar-refractivity contribution in [3.05, 3.63) is 65.6 Å². The molecule has 1 amide bonds. The van der Waals surface area contributed by atoms with Crippen LogP contribution in [0.25, 0.3) is 0 Å². The highest BCUT2D eigenvalue weighted by atomic mass is 28.3. The van der Waals surface area contributed by atoms with Gasteiger partial charge < -0.3 is 4.74 Å². The normalized spacial score (nSPS) is 16.2. The molecular formula is C25H30F3NO2Si. The van der Waals surface area contributed by atoms with E-state index >= 15 is 0 Å². The summed E-state index contributed by atoms with van der Waals surface area (Å²) in [5.41, 5.74) is 2.86. The van der Waals surface area contributed by atoms with Crippen LogP contribution in [-0.4, -0.2) is 14.0 Å². The monoisotopic (exact) mass is 461 g/mol. The molecule has 2 aromatic carbocycles. The highest BCUT2D eigenvalue weighted by Crippen LogP contribution is 2.47. The van der Waals surface area contributed by atoms with E-state index in [1.54, 1.807) is 30.3 Å². The van der Waals surface area contributed by atoms with E-state index in [1.165, 1.54) is 11.0 Å². The second-order valence-electron chi connectivity index (χ2n) is 9.23. The molecule has 0 unspecified atom stereocenters. The maximum Gasteiger partial charge on any atom is 0.416 e. The van der Waals surface area contributed by atoms with E-state index in [9.17, 15) is 18.0 Å². The zero-order valence-corrected chi connectivity index (χ0v) is 20.3. The Labute approximate surface area is 188 Å². The molecule has 0 spiro atoms. The van der Waals surface area contributed by atoms with Gasteiger partial charge in [0.2, 0.25) is 0 Å². The number of amides is 1. The van der Waals surface area contributed by atoms with Gasteiger partial charge in [0.15, 0.2) is 11.5 Å². The summed E-state index contributed by atoms with van der Waals surface area (Å²) in [5.74, 6) is -0.00222. The van der Waals surface area contributed by atoms with Gasteiger partial charge in [-0.25, -0.2) is 0 Å². The van der Waals surface area contributed by atoms with Crippen molar-refractivity contribution in [1.29, 1.82) is 0 Å². The maximum atomic E-state index is 13.7. The average Bonchev–Trinajstić information content (AvgIpc) is 2.71. The molecule has 1 aliphatic heterocycles. The molecule has 32 heavy (non-hydrogen) atoms. The highest BCUT2D eigenvalue weighted by molar-refractivity contribution is 6.88. The maximum absolute atomic E-state index is 13.7. The molecule has 172 valence electrons. The number of benzene rings is 2. The minimum absolute atomic E-state index is 0.0964. The first kappa shape index (κ1) is 24.1. The largest absolute Gasteiger partial charge is 0.450 e. The number of para-hydroxylation sites is 1. The number of carbonyl (C=O) groups is 1. The van der Waals surface area contributed by atoms with Crippen molar-refractivity contribution in [3.8, 4) is 5.75 Å². The first-order valence-corrected chi connectivity index (χ1v) is 13.2. The Hall–Kier alpha value is -2.54. The topological polar surface area (TPSA) is 29.5 Å². The molecule has 3 rings (SSSR count). The van der Waals surface area contributed by atoms with E-state index in [0.29, 0.717) is 22.3 Å². The van der Waals surface area contributed by atoms with E-state index in [1.807, 2.05) is 5.70 Å². The number of ether oxygens (including phenoxy) is 1. The average molecular weight is 462 g/mol. The van der Waals surface area contributed by atoms with Gasteiger partial charge in [-0.15, -0.1) is 0 Å². The minimum Gasteiger partial charge on any atom is -0.450 e. The SMILES string of the molecule is CC(C)[Si](/C=C1\Oc2ccc(C(F)(F)F)cc2N(c2ccccc2)C1=O)(C(C)C)C(C)C. The molecule has 0 fully saturated rings. The van der Waals surface area contributed by atoms with Gasteiger partial charge in [0, 0.05) is 5.69 Å². The predicted octanol–water partition coefficient (Wildman–Crippen LogP) is 7.86. The van der Waals surface area contributed by atoms with Gasteiger partial charge in [0.05, 0.1) is 19.3 Å². The van der Waals surface area contributed by atoms with Gasteiger partial charge >= 0.3 is 6.18 Å². The molecular weight excluding hydrogens is 431 g/mol. The van der Waals surface area contributed by atoms with Gasteiger partial charge in [-0.3, -0.25) is 9.69 Å². The van der Waals surface area contributed by atoms with Crippen molar-refractivity contribution in [1.82, 2.24) is 0 Å². The third-order valence-corrected chi connectivity index (χ3v) is 13.3. The number of hydrogen-bond acceptors (Lipinski definition) is 2. The Morgan fingerprint density at radius 1 is 0.906 bits per heavy atom. The molecule has 0 saturated carbocycles. The summed E-state index contributed by atoms with van der Waals surface area (Å²) in [6.45, 7) is 13.1. The lowest BCUT2D eigenvalue weighted by molar-refractivity contribution is -0.137. The molecule has 7 heteroatoms. The van der Waals surface area contributed by atoms with Crippen molar-refractivity contribution in [2.45, 2.75) is 64.3 Å². The zero-order chi connectivity index (χ0) is 23.8. The van der Waals surface area contributed by atoms with E-state index in [-0.39, 0.29) is 17.2 Å². The summed E-state index contributed by atoms with van der Waals surface area (Å²) in [6, 6.07) is 12.0. The van der Waals surface area contributed by atoms with Gasteiger partial charge in [0.25, 0.3) is 5.91 Å². The standard InChI is InChI=1S/C25H30F3NO2Si/c1-16(2)32(17(3)4,18(5)6)15-23-24(30)29(20-10-8-7-9-11-20)21-14-19(25(26,27)28)12-13-22(21)31-23/h7-18H,1-6H3/b23-15-. The summed E-state index contributed by atoms with van der Waals surface area (Å²) in [6.07, 6.45) is -4.52. The van der Waals surface area contributed by atoms with Crippen LogP contribution >= 0.6 is 0 Å². The van der Waals surface area contributed by atoms with Crippen LogP contribution in [0, 0.1) is 0 Å². The molecule has 2 aromatic rings. The Bertz CT molecular complexity index is 992. The number of fused-ring (bicyclic) bond motifs is 1. The van der Waals surface area contributed by atoms with Crippen LogP contribution in [0.2, 0.25) is 16.6 Å². The van der Waals surface area contributed by atoms with Crippen molar-refractivity contribution < 1.29 is 22.7 Å². The molecule has 3 nitrogen and oxygen atoms in total. The number of rotatable bonds is 5. The fourth-order valence-corrected chi connectivity index (χ4v) is 10.6. The van der Waals surface area contributed by atoms with Crippen LogP contribution in [0.5, 0.6) is 5.75 Å². The number of nitrogens with zero attached hydrogens (tertiary/aromatic N) is 1. The van der Waals surface area contributed by atoms with Crippen LogP contribution < -0.4 is 9.64 Å².